The molecule has 0 unspecified atom stereocenters. The van der Waals surface area contributed by atoms with Crippen molar-refractivity contribution in [2.24, 2.45) is 0 Å². The highest BCUT2D eigenvalue weighted by molar-refractivity contribution is 7.99. The van der Waals surface area contributed by atoms with Crippen LogP contribution in [0.1, 0.15) is 18.6 Å². The Morgan fingerprint density at radius 2 is 1.88 bits per heavy atom. The van der Waals surface area contributed by atoms with Crippen LogP contribution in [0, 0.1) is 0 Å². The number of fused-ring (bicyclic) bond motifs is 1. The molecule has 1 amide bonds. The SMILES string of the molecule is CCOc1ccc(NC(=O)CSc2nc3ccccc3n2C(C)=O)cc1. The van der Waals surface area contributed by atoms with Crippen molar-refractivity contribution in [1.29, 1.82) is 0 Å². The summed E-state index contributed by atoms with van der Waals surface area (Å²) >= 11 is 1.23. The lowest BCUT2D eigenvalue weighted by atomic mass is 10.3. The van der Waals surface area contributed by atoms with Crippen LogP contribution in [-0.2, 0) is 4.79 Å². The molecule has 134 valence electrons. The van der Waals surface area contributed by atoms with Crippen molar-refractivity contribution in [3.63, 3.8) is 0 Å². The van der Waals surface area contributed by atoms with E-state index in [4.69, 9.17) is 4.74 Å². The molecule has 1 aromatic heterocycles. The Balaban J connectivity index is 1.67. The Morgan fingerprint density at radius 1 is 1.15 bits per heavy atom. The molecule has 0 aliphatic heterocycles. The number of benzene rings is 2. The maximum atomic E-state index is 12.2. The summed E-state index contributed by atoms with van der Waals surface area (Å²) in [5.41, 5.74) is 2.17. The summed E-state index contributed by atoms with van der Waals surface area (Å²) in [7, 11) is 0. The zero-order valence-corrected chi connectivity index (χ0v) is 15.4. The molecule has 0 saturated carbocycles. The number of imidazole rings is 1. The number of amides is 1. The zero-order valence-electron chi connectivity index (χ0n) is 14.6. The molecule has 0 aliphatic carbocycles. The van der Waals surface area contributed by atoms with Gasteiger partial charge in [0.05, 0.1) is 23.4 Å². The molecule has 3 rings (SSSR count). The zero-order chi connectivity index (χ0) is 18.5. The van der Waals surface area contributed by atoms with Gasteiger partial charge in [-0.1, -0.05) is 23.9 Å². The summed E-state index contributed by atoms with van der Waals surface area (Å²) in [6, 6.07) is 14.6. The summed E-state index contributed by atoms with van der Waals surface area (Å²) in [4.78, 5) is 28.6. The molecule has 1 N–H and O–H groups in total. The van der Waals surface area contributed by atoms with E-state index in [9.17, 15) is 9.59 Å². The summed E-state index contributed by atoms with van der Waals surface area (Å²) in [5, 5.41) is 3.34. The third-order valence-electron chi connectivity index (χ3n) is 3.63. The fraction of sp³-hybridized carbons (Fsp3) is 0.211. The molecular weight excluding hydrogens is 350 g/mol. The van der Waals surface area contributed by atoms with Gasteiger partial charge in [0.1, 0.15) is 5.75 Å². The molecule has 0 radical (unpaired) electrons. The molecule has 2 aromatic carbocycles. The monoisotopic (exact) mass is 369 g/mol. The first-order chi connectivity index (χ1) is 12.6. The third-order valence-corrected chi connectivity index (χ3v) is 4.56. The van der Waals surface area contributed by atoms with Crippen LogP contribution < -0.4 is 10.1 Å². The van der Waals surface area contributed by atoms with E-state index in [1.54, 1.807) is 24.3 Å². The van der Waals surface area contributed by atoms with Gasteiger partial charge in [-0.25, -0.2) is 4.98 Å². The highest BCUT2D eigenvalue weighted by Gasteiger charge is 2.15. The van der Waals surface area contributed by atoms with E-state index in [0.29, 0.717) is 17.5 Å². The highest BCUT2D eigenvalue weighted by atomic mass is 32.2. The second-order valence-corrected chi connectivity index (χ2v) is 6.47. The first-order valence-corrected chi connectivity index (χ1v) is 9.21. The van der Waals surface area contributed by atoms with Crippen molar-refractivity contribution in [1.82, 2.24) is 9.55 Å². The van der Waals surface area contributed by atoms with E-state index < -0.39 is 0 Å². The van der Waals surface area contributed by atoms with Crippen molar-refractivity contribution in [2.45, 2.75) is 19.0 Å². The predicted octanol–water partition coefficient (Wildman–Crippen LogP) is 3.83. The predicted molar refractivity (Wildman–Crippen MR) is 103 cm³/mol. The number of anilines is 1. The van der Waals surface area contributed by atoms with Gasteiger partial charge in [0.2, 0.25) is 11.8 Å². The molecule has 7 heteroatoms. The Morgan fingerprint density at radius 3 is 2.58 bits per heavy atom. The van der Waals surface area contributed by atoms with E-state index in [1.165, 1.54) is 23.3 Å². The largest absolute Gasteiger partial charge is 0.494 e. The molecule has 0 atom stereocenters. The number of thioether (sulfide) groups is 1. The lowest BCUT2D eigenvalue weighted by Gasteiger charge is -2.07. The van der Waals surface area contributed by atoms with Gasteiger partial charge in [-0.2, -0.15) is 0 Å². The van der Waals surface area contributed by atoms with Gasteiger partial charge in [-0.3, -0.25) is 14.2 Å². The molecule has 0 saturated heterocycles. The van der Waals surface area contributed by atoms with Crippen molar-refractivity contribution < 1.29 is 14.3 Å². The summed E-state index contributed by atoms with van der Waals surface area (Å²) in [5.74, 6) is 0.619. The molecule has 6 nitrogen and oxygen atoms in total. The van der Waals surface area contributed by atoms with Crippen molar-refractivity contribution in [3.8, 4) is 5.75 Å². The van der Waals surface area contributed by atoms with Crippen molar-refractivity contribution in [2.75, 3.05) is 17.7 Å². The number of carbonyl (C=O) groups is 2. The minimum Gasteiger partial charge on any atom is -0.494 e. The first kappa shape index (κ1) is 18.0. The Bertz CT molecular complexity index is 935. The number of hydrogen-bond acceptors (Lipinski definition) is 5. The third kappa shape index (κ3) is 4.05. The molecule has 1 heterocycles. The average molecular weight is 369 g/mol. The Labute approximate surface area is 155 Å². The molecule has 0 spiro atoms. The number of hydrogen-bond donors (Lipinski definition) is 1. The van der Waals surface area contributed by atoms with E-state index in [2.05, 4.69) is 10.3 Å². The normalized spacial score (nSPS) is 10.7. The lowest BCUT2D eigenvalue weighted by Crippen LogP contribution is -2.15. The van der Waals surface area contributed by atoms with Crippen LogP contribution in [0.5, 0.6) is 5.75 Å². The summed E-state index contributed by atoms with van der Waals surface area (Å²) in [6.45, 7) is 4.00. The minimum absolute atomic E-state index is 0.131. The fourth-order valence-electron chi connectivity index (χ4n) is 2.53. The number of nitrogens with zero attached hydrogens (tertiary/aromatic N) is 2. The number of aromatic nitrogens is 2. The molecule has 0 bridgehead atoms. The molecular formula is C19H19N3O3S. The minimum atomic E-state index is -0.165. The molecule has 3 aromatic rings. The van der Waals surface area contributed by atoms with Crippen LogP contribution in [0.4, 0.5) is 5.69 Å². The van der Waals surface area contributed by atoms with E-state index in [0.717, 1.165) is 16.8 Å². The summed E-state index contributed by atoms with van der Waals surface area (Å²) < 4.78 is 6.91. The standard InChI is InChI=1S/C19H19N3O3S/c1-3-25-15-10-8-14(9-11-15)20-18(24)12-26-19-21-16-6-4-5-7-17(16)22(19)13(2)23/h4-11H,3,12H2,1-2H3,(H,20,24). The van der Waals surface area contributed by atoms with E-state index in [1.807, 2.05) is 31.2 Å². The topological polar surface area (TPSA) is 73.2 Å². The van der Waals surface area contributed by atoms with Crippen molar-refractivity contribution >= 4 is 40.3 Å². The maximum absolute atomic E-state index is 12.2. The molecule has 26 heavy (non-hydrogen) atoms. The summed E-state index contributed by atoms with van der Waals surface area (Å²) in [6.07, 6.45) is 0. The number of rotatable bonds is 6. The molecule has 0 fully saturated rings. The Kier molecular flexibility index (Phi) is 5.58. The van der Waals surface area contributed by atoms with Gasteiger partial charge in [-0.05, 0) is 43.3 Å². The van der Waals surface area contributed by atoms with Crippen LogP contribution in [0.3, 0.4) is 0 Å². The van der Waals surface area contributed by atoms with Crippen LogP contribution >= 0.6 is 11.8 Å². The van der Waals surface area contributed by atoms with Gasteiger partial charge >= 0.3 is 0 Å². The average Bonchev–Trinajstić information content (AvgIpc) is 3.00. The van der Waals surface area contributed by atoms with Gasteiger partial charge in [0.15, 0.2) is 5.16 Å². The maximum Gasteiger partial charge on any atom is 0.234 e. The Hall–Kier alpha value is -2.80. The van der Waals surface area contributed by atoms with Gasteiger partial charge in [-0.15, -0.1) is 0 Å². The van der Waals surface area contributed by atoms with E-state index in [-0.39, 0.29) is 17.6 Å². The van der Waals surface area contributed by atoms with Crippen LogP contribution in [0.15, 0.2) is 53.7 Å². The van der Waals surface area contributed by atoms with Gasteiger partial charge in [0.25, 0.3) is 0 Å². The quantitative estimate of drug-likeness (QED) is 0.669. The van der Waals surface area contributed by atoms with Gasteiger partial charge < -0.3 is 10.1 Å². The van der Waals surface area contributed by atoms with E-state index >= 15 is 0 Å². The first-order valence-electron chi connectivity index (χ1n) is 8.22. The number of ether oxygens (including phenoxy) is 1. The smallest absolute Gasteiger partial charge is 0.234 e. The number of para-hydroxylation sites is 2. The van der Waals surface area contributed by atoms with Crippen LogP contribution in [0.25, 0.3) is 11.0 Å². The van der Waals surface area contributed by atoms with Crippen LogP contribution in [-0.4, -0.2) is 33.7 Å². The number of carbonyl (C=O) groups excluding carboxylic acids is 2. The lowest BCUT2D eigenvalue weighted by molar-refractivity contribution is -0.113. The van der Waals surface area contributed by atoms with Crippen LogP contribution in [0.2, 0.25) is 0 Å². The van der Waals surface area contributed by atoms with Crippen molar-refractivity contribution in [3.05, 3.63) is 48.5 Å². The van der Waals surface area contributed by atoms with Gasteiger partial charge in [0, 0.05) is 12.6 Å². The second-order valence-electron chi connectivity index (χ2n) is 5.53. The fourth-order valence-corrected chi connectivity index (χ4v) is 3.38. The molecule has 0 aliphatic rings. The number of nitrogens with one attached hydrogen (secondary N) is 1. The highest BCUT2D eigenvalue weighted by Crippen LogP contribution is 2.24. The second kappa shape index (κ2) is 8.05.